The Hall–Kier alpha value is -1.92. The average Bonchev–Trinajstić information content (AvgIpc) is 3.07. The number of fused-ring (bicyclic) bond motifs is 2. The van der Waals surface area contributed by atoms with Crippen molar-refractivity contribution < 1.29 is 8.83 Å². The predicted octanol–water partition coefficient (Wildman–Crippen LogP) is 5.39. The fourth-order valence-electron chi connectivity index (χ4n) is 2.16. The van der Waals surface area contributed by atoms with E-state index in [1.165, 1.54) is 21.6 Å². The highest BCUT2D eigenvalue weighted by Crippen LogP contribution is 2.38. The highest BCUT2D eigenvalue weighted by molar-refractivity contribution is 8.76. The van der Waals surface area contributed by atoms with Crippen molar-refractivity contribution in [1.29, 1.82) is 0 Å². The number of benzene rings is 2. The first-order chi connectivity index (χ1) is 10.7. The van der Waals surface area contributed by atoms with Crippen molar-refractivity contribution in [2.24, 2.45) is 0 Å². The molecule has 0 N–H and O–H groups in total. The Bertz CT molecular complexity index is 895. The minimum absolute atomic E-state index is 0.601. The standard InChI is InChI=1S/C16H12N2O2S2/c1-9-3-5-11-13(7-9)19-15(17-11)21-22-16-18-12-6-4-10(2)8-14(12)20-16/h3-8H,1-2H3. The first-order valence-corrected chi connectivity index (χ1v) is 8.91. The third-order valence-electron chi connectivity index (χ3n) is 3.23. The SMILES string of the molecule is Cc1ccc2nc(SSc3nc4ccc(C)cc4o3)oc2c1. The van der Waals surface area contributed by atoms with Crippen LogP contribution in [-0.2, 0) is 0 Å². The summed E-state index contributed by atoms with van der Waals surface area (Å²) < 4.78 is 11.5. The fraction of sp³-hybridized carbons (Fsp3) is 0.125. The maximum absolute atomic E-state index is 5.73. The van der Waals surface area contributed by atoms with E-state index < -0.39 is 0 Å². The van der Waals surface area contributed by atoms with E-state index >= 15 is 0 Å². The van der Waals surface area contributed by atoms with Crippen molar-refractivity contribution in [2.75, 3.05) is 0 Å². The molecule has 4 aromatic rings. The first kappa shape index (κ1) is 13.7. The van der Waals surface area contributed by atoms with E-state index in [4.69, 9.17) is 8.83 Å². The van der Waals surface area contributed by atoms with Crippen LogP contribution in [-0.4, -0.2) is 9.97 Å². The van der Waals surface area contributed by atoms with Crippen LogP contribution in [0.1, 0.15) is 11.1 Å². The van der Waals surface area contributed by atoms with Gasteiger partial charge in [-0.3, -0.25) is 0 Å². The fourth-order valence-corrected chi connectivity index (χ4v) is 3.68. The van der Waals surface area contributed by atoms with Crippen LogP contribution in [0, 0.1) is 13.8 Å². The zero-order valence-corrected chi connectivity index (χ0v) is 13.6. The lowest BCUT2D eigenvalue weighted by atomic mass is 10.2. The van der Waals surface area contributed by atoms with Crippen LogP contribution in [0.3, 0.4) is 0 Å². The molecule has 0 aliphatic rings. The second-order valence-corrected chi connectivity index (χ2v) is 7.10. The molecular weight excluding hydrogens is 316 g/mol. The highest BCUT2D eigenvalue weighted by atomic mass is 33.1. The van der Waals surface area contributed by atoms with E-state index in [1.807, 2.05) is 50.2 Å². The van der Waals surface area contributed by atoms with Crippen molar-refractivity contribution in [2.45, 2.75) is 24.3 Å². The van der Waals surface area contributed by atoms with Gasteiger partial charge in [-0.25, -0.2) is 9.97 Å². The van der Waals surface area contributed by atoms with Gasteiger partial charge >= 0.3 is 0 Å². The summed E-state index contributed by atoms with van der Waals surface area (Å²) in [6.07, 6.45) is 0. The number of rotatable bonds is 3. The lowest BCUT2D eigenvalue weighted by molar-refractivity contribution is 0.487. The number of oxazole rings is 2. The van der Waals surface area contributed by atoms with Crippen molar-refractivity contribution in [3.63, 3.8) is 0 Å². The molecule has 0 amide bonds. The van der Waals surface area contributed by atoms with Crippen LogP contribution in [0.15, 0.2) is 55.7 Å². The molecule has 4 nitrogen and oxygen atoms in total. The third kappa shape index (κ3) is 2.60. The minimum atomic E-state index is 0.601. The van der Waals surface area contributed by atoms with E-state index in [0.717, 1.165) is 33.3 Å². The molecule has 0 saturated heterocycles. The molecule has 0 atom stereocenters. The van der Waals surface area contributed by atoms with Crippen molar-refractivity contribution in [1.82, 2.24) is 9.97 Å². The average molecular weight is 328 g/mol. The summed E-state index contributed by atoms with van der Waals surface area (Å²) in [7, 11) is 2.81. The Kier molecular flexibility index (Phi) is 3.35. The first-order valence-electron chi connectivity index (χ1n) is 6.76. The summed E-state index contributed by atoms with van der Waals surface area (Å²) in [5, 5.41) is 1.20. The molecule has 22 heavy (non-hydrogen) atoms. The number of nitrogens with zero attached hydrogens (tertiary/aromatic N) is 2. The van der Waals surface area contributed by atoms with Gasteiger partial charge in [0.05, 0.1) is 0 Å². The van der Waals surface area contributed by atoms with Crippen molar-refractivity contribution in [3.05, 3.63) is 47.5 Å². The summed E-state index contributed by atoms with van der Waals surface area (Å²) in [5.41, 5.74) is 5.64. The van der Waals surface area contributed by atoms with Gasteiger partial charge in [-0.1, -0.05) is 12.1 Å². The van der Waals surface area contributed by atoms with Gasteiger partial charge in [0.25, 0.3) is 10.4 Å². The molecule has 110 valence electrons. The summed E-state index contributed by atoms with van der Waals surface area (Å²) in [6.45, 7) is 4.06. The second kappa shape index (κ2) is 5.37. The van der Waals surface area contributed by atoms with E-state index in [2.05, 4.69) is 9.97 Å². The number of hydrogen-bond acceptors (Lipinski definition) is 6. The van der Waals surface area contributed by atoms with Crippen LogP contribution < -0.4 is 0 Å². The summed E-state index contributed by atoms with van der Waals surface area (Å²) >= 11 is 0. The van der Waals surface area contributed by atoms with Gasteiger partial charge < -0.3 is 8.83 Å². The summed E-state index contributed by atoms with van der Waals surface area (Å²) in [4.78, 5) is 8.89. The second-order valence-electron chi connectivity index (χ2n) is 5.07. The molecule has 2 heterocycles. The Morgan fingerprint density at radius 2 is 1.18 bits per heavy atom. The summed E-state index contributed by atoms with van der Waals surface area (Å²) in [5.74, 6) is 0. The smallest absolute Gasteiger partial charge is 0.268 e. The van der Waals surface area contributed by atoms with Crippen LogP contribution in [0.25, 0.3) is 22.2 Å². The van der Waals surface area contributed by atoms with E-state index in [1.54, 1.807) is 0 Å². The molecule has 4 rings (SSSR count). The monoisotopic (exact) mass is 328 g/mol. The van der Waals surface area contributed by atoms with Crippen LogP contribution in [0.2, 0.25) is 0 Å². The van der Waals surface area contributed by atoms with E-state index in [-0.39, 0.29) is 0 Å². The van der Waals surface area contributed by atoms with Crippen molar-refractivity contribution in [3.8, 4) is 0 Å². The largest absolute Gasteiger partial charge is 0.431 e. The molecule has 0 aliphatic carbocycles. The number of aryl methyl sites for hydroxylation is 2. The van der Waals surface area contributed by atoms with Gasteiger partial charge in [-0.2, -0.15) is 0 Å². The molecule has 0 unspecified atom stereocenters. The molecule has 6 heteroatoms. The van der Waals surface area contributed by atoms with Crippen LogP contribution >= 0.6 is 21.6 Å². The molecule has 0 saturated carbocycles. The van der Waals surface area contributed by atoms with Gasteiger partial charge in [-0.15, -0.1) is 0 Å². The molecule has 0 spiro atoms. The van der Waals surface area contributed by atoms with Crippen LogP contribution in [0.5, 0.6) is 0 Å². The lowest BCUT2D eigenvalue weighted by Crippen LogP contribution is -1.71. The van der Waals surface area contributed by atoms with Gasteiger partial charge in [0.1, 0.15) is 11.0 Å². The normalized spacial score (nSPS) is 11.5. The topological polar surface area (TPSA) is 52.1 Å². The molecule has 2 aromatic heterocycles. The zero-order chi connectivity index (χ0) is 15.1. The predicted molar refractivity (Wildman–Crippen MR) is 89.2 cm³/mol. The molecule has 0 bridgehead atoms. The van der Waals surface area contributed by atoms with Gasteiger partial charge in [0, 0.05) is 21.6 Å². The quantitative estimate of drug-likeness (QED) is 0.470. The lowest BCUT2D eigenvalue weighted by Gasteiger charge is -1.90. The minimum Gasteiger partial charge on any atom is -0.431 e. The number of aromatic nitrogens is 2. The number of hydrogen-bond donors (Lipinski definition) is 0. The molecule has 0 fully saturated rings. The van der Waals surface area contributed by atoms with Crippen LogP contribution in [0.4, 0.5) is 0 Å². The molecule has 0 radical (unpaired) electrons. The third-order valence-corrected chi connectivity index (χ3v) is 5.06. The van der Waals surface area contributed by atoms with E-state index in [0.29, 0.717) is 10.4 Å². The van der Waals surface area contributed by atoms with Crippen molar-refractivity contribution >= 4 is 43.8 Å². The Labute approximate surface area is 134 Å². The highest BCUT2D eigenvalue weighted by Gasteiger charge is 2.11. The molecule has 0 aliphatic heterocycles. The van der Waals surface area contributed by atoms with Gasteiger partial charge in [-0.05, 0) is 49.2 Å². The van der Waals surface area contributed by atoms with E-state index in [9.17, 15) is 0 Å². The Balaban J connectivity index is 1.56. The maximum atomic E-state index is 5.73. The Morgan fingerprint density at radius 3 is 1.64 bits per heavy atom. The Morgan fingerprint density at radius 1 is 0.727 bits per heavy atom. The molecule has 2 aromatic carbocycles. The molecular formula is C16H12N2O2S2. The maximum Gasteiger partial charge on any atom is 0.268 e. The van der Waals surface area contributed by atoms with Gasteiger partial charge in [0.15, 0.2) is 11.2 Å². The zero-order valence-electron chi connectivity index (χ0n) is 12.0. The summed E-state index contributed by atoms with van der Waals surface area (Å²) in [6, 6.07) is 11.9. The van der Waals surface area contributed by atoms with Gasteiger partial charge in [0.2, 0.25) is 0 Å².